The lowest BCUT2D eigenvalue weighted by Gasteiger charge is -2.38. The molecule has 1 aromatic rings. The molecule has 3 nitrogen and oxygen atoms in total. The zero-order chi connectivity index (χ0) is 19.7. The number of aromatic hydroxyl groups is 1. The Kier molecular flexibility index (Phi) is 6.45. The average Bonchev–Trinajstić information content (AvgIpc) is 2.51. The molecule has 1 aromatic carbocycles. The summed E-state index contributed by atoms with van der Waals surface area (Å²) in [5.74, 6) is 1.12. The summed E-state index contributed by atoms with van der Waals surface area (Å²) in [6.07, 6.45) is 1.15. The van der Waals surface area contributed by atoms with Gasteiger partial charge in [-0.3, -0.25) is 4.90 Å². The van der Waals surface area contributed by atoms with Gasteiger partial charge in [0.2, 0.25) is 0 Å². The first-order valence-corrected chi connectivity index (χ1v) is 10.2. The number of phenolic OH excluding ortho intramolecular Hbond substituents is 1. The van der Waals surface area contributed by atoms with Gasteiger partial charge in [-0.05, 0) is 52.0 Å². The van der Waals surface area contributed by atoms with Gasteiger partial charge < -0.3 is 10.4 Å². The maximum atomic E-state index is 11.0. The van der Waals surface area contributed by atoms with Gasteiger partial charge in [0.15, 0.2) is 0 Å². The Labute approximate surface area is 161 Å². The third-order valence-electron chi connectivity index (χ3n) is 5.42. The molecule has 0 amide bonds. The van der Waals surface area contributed by atoms with Crippen LogP contribution in [0.4, 0.5) is 0 Å². The number of benzene rings is 1. The van der Waals surface area contributed by atoms with Crippen LogP contribution in [-0.2, 0) is 10.8 Å². The summed E-state index contributed by atoms with van der Waals surface area (Å²) in [7, 11) is 0. The SMILES string of the molecule is CC(C)C[C@@H](c1cc(C(C)(C)C)c(O)c(C(C)(C)C)c1)N1CCNCC1. The largest absolute Gasteiger partial charge is 0.507 e. The number of nitrogens with zero attached hydrogens (tertiary/aromatic N) is 1. The molecular formula is C23H40N2O. The van der Waals surface area contributed by atoms with E-state index in [2.05, 4.69) is 77.7 Å². The minimum Gasteiger partial charge on any atom is -0.507 e. The van der Waals surface area contributed by atoms with E-state index in [4.69, 9.17) is 0 Å². The van der Waals surface area contributed by atoms with E-state index in [0.717, 1.165) is 43.7 Å². The lowest BCUT2D eigenvalue weighted by molar-refractivity contribution is 0.153. The van der Waals surface area contributed by atoms with Crippen molar-refractivity contribution >= 4 is 0 Å². The van der Waals surface area contributed by atoms with Gasteiger partial charge in [0.25, 0.3) is 0 Å². The van der Waals surface area contributed by atoms with Gasteiger partial charge in [-0.15, -0.1) is 0 Å². The highest BCUT2D eigenvalue weighted by molar-refractivity contribution is 5.50. The molecule has 0 radical (unpaired) electrons. The van der Waals surface area contributed by atoms with E-state index in [9.17, 15) is 5.11 Å². The lowest BCUT2D eigenvalue weighted by Crippen LogP contribution is -2.45. The van der Waals surface area contributed by atoms with Gasteiger partial charge in [0, 0.05) is 32.2 Å². The first kappa shape index (κ1) is 21.2. The molecule has 1 fully saturated rings. The van der Waals surface area contributed by atoms with Gasteiger partial charge in [-0.2, -0.15) is 0 Å². The number of hydrogen-bond acceptors (Lipinski definition) is 3. The Bertz CT molecular complexity index is 567. The monoisotopic (exact) mass is 360 g/mol. The lowest BCUT2D eigenvalue weighted by atomic mass is 9.77. The van der Waals surface area contributed by atoms with Crippen LogP contribution in [0, 0.1) is 5.92 Å². The third kappa shape index (κ3) is 5.01. The van der Waals surface area contributed by atoms with E-state index >= 15 is 0 Å². The molecule has 0 saturated carbocycles. The van der Waals surface area contributed by atoms with Crippen LogP contribution in [0.25, 0.3) is 0 Å². The number of hydrogen-bond donors (Lipinski definition) is 2. The number of rotatable bonds is 4. The van der Waals surface area contributed by atoms with Crippen molar-refractivity contribution in [2.24, 2.45) is 5.92 Å². The Morgan fingerprint density at radius 2 is 1.42 bits per heavy atom. The minimum absolute atomic E-state index is 0.0775. The summed E-state index contributed by atoms with van der Waals surface area (Å²) in [6, 6.07) is 4.97. The van der Waals surface area contributed by atoms with E-state index in [1.54, 1.807) is 0 Å². The summed E-state index contributed by atoms with van der Waals surface area (Å²) < 4.78 is 0. The number of nitrogens with one attached hydrogen (secondary N) is 1. The Morgan fingerprint density at radius 3 is 1.81 bits per heavy atom. The molecule has 1 heterocycles. The molecule has 0 unspecified atom stereocenters. The van der Waals surface area contributed by atoms with Crippen molar-refractivity contribution in [3.8, 4) is 5.75 Å². The predicted octanol–water partition coefficient (Wildman–Crippen LogP) is 4.98. The molecule has 1 atom stereocenters. The van der Waals surface area contributed by atoms with Gasteiger partial charge in [0.1, 0.15) is 5.75 Å². The molecule has 3 heteroatoms. The van der Waals surface area contributed by atoms with Crippen LogP contribution in [0.1, 0.15) is 84.5 Å². The molecule has 0 aliphatic carbocycles. The minimum atomic E-state index is -0.0775. The van der Waals surface area contributed by atoms with E-state index in [-0.39, 0.29) is 10.8 Å². The smallest absolute Gasteiger partial charge is 0.123 e. The van der Waals surface area contributed by atoms with Crippen molar-refractivity contribution in [3.05, 3.63) is 28.8 Å². The van der Waals surface area contributed by atoms with Crippen molar-refractivity contribution in [2.75, 3.05) is 26.2 Å². The first-order valence-electron chi connectivity index (χ1n) is 10.2. The van der Waals surface area contributed by atoms with Crippen LogP contribution in [0.15, 0.2) is 12.1 Å². The van der Waals surface area contributed by atoms with E-state index in [0.29, 0.717) is 17.7 Å². The van der Waals surface area contributed by atoms with Crippen LogP contribution in [-0.4, -0.2) is 36.2 Å². The summed E-state index contributed by atoms with van der Waals surface area (Å²) in [5, 5.41) is 14.5. The Hall–Kier alpha value is -1.06. The second kappa shape index (κ2) is 7.90. The van der Waals surface area contributed by atoms with Crippen molar-refractivity contribution in [1.82, 2.24) is 10.2 Å². The van der Waals surface area contributed by atoms with Crippen molar-refractivity contribution in [2.45, 2.75) is 78.7 Å². The fourth-order valence-corrected chi connectivity index (χ4v) is 3.93. The molecule has 0 spiro atoms. The predicted molar refractivity (Wildman–Crippen MR) is 112 cm³/mol. The maximum Gasteiger partial charge on any atom is 0.123 e. The maximum absolute atomic E-state index is 11.0. The van der Waals surface area contributed by atoms with Gasteiger partial charge in [-0.25, -0.2) is 0 Å². The highest BCUT2D eigenvalue weighted by Gasteiger charge is 2.30. The van der Waals surface area contributed by atoms with E-state index in [1.165, 1.54) is 5.56 Å². The molecular weight excluding hydrogens is 320 g/mol. The zero-order valence-corrected chi connectivity index (χ0v) is 18.2. The summed E-state index contributed by atoms with van der Waals surface area (Å²) in [5.41, 5.74) is 3.36. The normalized spacial score (nSPS) is 18.3. The topological polar surface area (TPSA) is 35.5 Å². The summed E-state index contributed by atoms with van der Waals surface area (Å²) in [4.78, 5) is 2.63. The van der Waals surface area contributed by atoms with Crippen molar-refractivity contribution in [3.63, 3.8) is 0 Å². The molecule has 2 N–H and O–H groups in total. The highest BCUT2D eigenvalue weighted by Crippen LogP contribution is 2.42. The molecule has 1 aliphatic rings. The van der Waals surface area contributed by atoms with E-state index < -0.39 is 0 Å². The molecule has 1 saturated heterocycles. The van der Waals surface area contributed by atoms with Crippen LogP contribution >= 0.6 is 0 Å². The van der Waals surface area contributed by atoms with Crippen LogP contribution in [0.3, 0.4) is 0 Å². The fraction of sp³-hybridized carbons (Fsp3) is 0.739. The van der Waals surface area contributed by atoms with Crippen LogP contribution in [0.5, 0.6) is 5.75 Å². The van der Waals surface area contributed by atoms with Crippen molar-refractivity contribution in [1.29, 1.82) is 0 Å². The molecule has 1 aliphatic heterocycles. The van der Waals surface area contributed by atoms with Gasteiger partial charge in [0.05, 0.1) is 0 Å². The second-order valence-corrected chi connectivity index (χ2v) is 10.4. The Morgan fingerprint density at radius 1 is 0.962 bits per heavy atom. The average molecular weight is 361 g/mol. The highest BCUT2D eigenvalue weighted by atomic mass is 16.3. The van der Waals surface area contributed by atoms with Crippen LogP contribution < -0.4 is 5.32 Å². The number of piperazine rings is 1. The van der Waals surface area contributed by atoms with Crippen molar-refractivity contribution < 1.29 is 5.11 Å². The summed E-state index contributed by atoms with van der Waals surface area (Å²) >= 11 is 0. The molecule has 148 valence electrons. The standard InChI is InChI=1S/C23H40N2O/c1-16(2)13-20(25-11-9-24-10-12-25)17-14-18(22(3,4)5)21(26)19(15-17)23(6,7)8/h14-16,20,24,26H,9-13H2,1-8H3/t20-/m0/s1. The van der Waals surface area contributed by atoms with Crippen LogP contribution in [0.2, 0.25) is 0 Å². The third-order valence-corrected chi connectivity index (χ3v) is 5.42. The quantitative estimate of drug-likeness (QED) is 0.795. The molecule has 0 bridgehead atoms. The first-order chi connectivity index (χ1) is 11.9. The van der Waals surface area contributed by atoms with E-state index in [1.807, 2.05) is 0 Å². The molecule has 0 aromatic heterocycles. The second-order valence-electron chi connectivity index (χ2n) is 10.4. The Balaban J connectivity index is 2.59. The molecule has 2 rings (SSSR count). The van der Waals surface area contributed by atoms with Gasteiger partial charge in [-0.1, -0.05) is 55.4 Å². The number of phenols is 1. The zero-order valence-electron chi connectivity index (χ0n) is 18.2. The fourth-order valence-electron chi connectivity index (χ4n) is 3.93. The summed E-state index contributed by atoms with van der Waals surface area (Å²) in [6.45, 7) is 22.1. The molecule has 26 heavy (non-hydrogen) atoms. The van der Waals surface area contributed by atoms with Gasteiger partial charge >= 0.3 is 0 Å².